The molecule has 0 radical (unpaired) electrons. The largest absolute Gasteiger partial charge is 0.342 e. The molecule has 0 N–H and O–H groups in total. The second-order valence-corrected chi connectivity index (χ2v) is 6.38. The standard InChI is InChI=1S/C13H22ClNO/c1-13(2,9-14)12(16)15(7-10-3-4-10)8-11-5-6-11/h10-11H,3-9H2,1-2H3. The zero-order chi connectivity index (χ0) is 11.8. The lowest BCUT2D eigenvalue weighted by atomic mass is 9.94. The quantitative estimate of drug-likeness (QED) is 0.657. The van der Waals surface area contributed by atoms with Gasteiger partial charge in [-0.05, 0) is 51.4 Å². The summed E-state index contributed by atoms with van der Waals surface area (Å²) in [7, 11) is 0. The second-order valence-electron chi connectivity index (χ2n) is 6.11. The molecular formula is C13H22ClNO. The Kier molecular flexibility index (Phi) is 3.48. The molecule has 0 unspecified atom stereocenters. The Labute approximate surface area is 103 Å². The molecule has 16 heavy (non-hydrogen) atoms. The van der Waals surface area contributed by atoms with E-state index in [9.17, 15) is 4.79 Å². The minimum absolute atomic E-state index is 0.251. The molecule has 2 nitrogen and oxygen atoms in total. The molecule has 0 atom stereocenters. The maximum absolute atomic E-state index is 12.4. The van der Waals surface area contributed by atoms with Gasteiger partial charge < -0.3 is 4.90 Å². The Hall–Kier alpha value is -0.240. The second kappa shape index (κ2) is 4.56. The summed E-state index contributed by atoms with van der Waals surface area (Å²) < 4.78 is 0. The smallest absolute Gasteiger partial charge is 0.229 e. The summed E-state index contributed by atoms with van der Waals surface area (Å²) in [5.74, 6) is 2.21. The van der Waals surface area contributed by atoms with Crippen LogP contribution in [0.5, 0.6) is 0 Å². The first-order valence-corrected chi connectivity index (χ1v) is 6.92. The van der Waals surface area contributed by atoms with Crippen LogP contribution in [0.1, 0.15) is 39.5 Å². The highest BCUT2D eigenvalue weighted by atomic mass is 35.5. The van der Waals surface area contributed by atoms with Crippen molar-refractivity contribution in [3.63, 3.8) is 0 Å². The van der Waals surface area contributed by atoms with Gasteiger partial charge in [0.1, 0.15) is 0 Å². The van der Waals surface area contributed by atoms with Gasteiger partial charge in [0.25, 0.3) is 0 Å². The molecule has 2 rings (SSSR count). The molecule has 2 saturated carbocycles. The summed E-state index contributed by atoms with van der Waals surface area (Å²) in [6.45, 7) is 5.84. The summed E-state index contributed by atoms with van der Waals surface area (Å²) in [5.41, 5.74) is -0.397. The van der Waals surface area contributed by atoms with E-state index >= 15 is 0 Å². The summed E-state index contributed by atoms with van der Waals surface area (Å²) >= 11 is 5.89. The van der Waals surface area contributed by atoms with Crippen LogP contribution in [0, 0.1) is 17.3 Å². The van der Waals surface area contributed by atoms with Crippen LogP contribution in [0.3, 0.4) is 0 Å². The third-order valence-electron chi connectivity index (χ3n) is 3.55. The number of halogens is 1. The van der Waals surface area contributed by atoms with Crippen molar-refractivity contribution in [1.82, 2.24) is 4.90 Å². The van der Waals surface area contributed by atoms with Gasteiger partial charge in [-0.15, -0.1) is 11.6 Å². The number of carbonyl (C=O) groups is 1. The van der Waals surface area contributed by atoms with Gasteiger partial charge in [-0.25, -0.2) is 0 Å². The zero-order valence-corrected chi connectivity index (χ0v) is 11.1. The van der Waals surface area contributed by atoms with Gasteiger partial charge in [0, 0.05) is 19.0 Å². The number of amides is 1. The van der Waals surface area contributed by atoms with Gasteiger partial charge in [0.05, 0.1) is 5.41 Å². The minimum Gasteiger partial charge on any atom is -0.342 e. The Morgan fingerprint density at radius 2 is 1.62 bits per heavy atom. The summed E-state index contributed by atoms with van der Waals surface area (Å²) in [4.78, 5) is 14.4. The van der Waals surface area contributed by atoms with Gasteiger partial charge in [-0.2, -0.15) is 0 Å². The highest BCUT2D eigenvalue weighted by Crippen LogP contribution is 2.35. The Morgan fingerprint density at radius 3 is 1.94 bits per heavy atom. The van der Waals surface area contributed by atoms with E-state index in [1.807, 2.05) is 13.8 Å². The molecule has 3 heteroatoms. The van der Waals surface area contributed by atoms with E-state index in [-0.39, 0.29) is 5.91 Å². The molecule has 92 valence electrons. The average molecular weight is 244 g/mol. The molecule has 2 fully saturated rings. The molecule has 0 heterocycles. The maximum Gasteiger partial charge on any atom is 0.229 e. The normalized spacial score (nSPS) is 20.9. The zero-order valence-electron chi connectivity index (χ0n) is 10.3. The Balaban J connectivity index is 1.94. The molecule has 0 bridgehead atoms. The van der Waals surface area contributed by atoms with E-state index in [0.717, 1.165) is 24.9 Å². The molecule has 0 aliphatic heterocycles. The van der Waals surface area contributed by atoms with Crippen LogP contribution >= 0.6 is 11.6 Å². The first kappa shape index (κ1) is 12.2. The Bertz CT molecular complexity index is 255. The number of alkyl halides is 1. The van der Waals surface area contributed by atoms with E-state index in [0.29, 0.717) is 5.88 Å². The predicted octanol–water partition coefficient (Wildman–Crippen LogP) is 2.90. The van der Waals surface area contributed by atoms with Gasteiger partial charge >= 0.3 is 0 Å². The molecule has 0 aromatic heterocycles. The van der Waals surface area contributed by atoms with Crippen LogP contribution in [-0.4, -0.2) is 29.8 Å². The van der Waals surface area contributed by atoms with Crippen molar-refractivity contribution in [2.24, 2.45) is 17.3 Å². The minimum atomic E-state index is -0.397. The third kappa shape index (κ3) is 3.13. The molecule has 0 saturated heterocycles. The number of rotatable bonds is 6. The lowest BCUT2D eigenvalue weighted by Gasteiger charge is -2.31. The fraction of sp³-hybridized carbons (Fsp3) is 0.923. The fourth-order valence-electron chi connectivity index (χ4n) is 1.95. The lowest BCUT2D eigenvalue weighted by Crippen LogP contribution is -2.44. The van der Waals surface area contributed by atoms with E-state index in [1.54, 1.807) is 0 Å². The van der Waals surface area contributed by atoms with Crippen LogP contribution in [0.4, 0.5) is 0 Å². The average Bonchev–Trinajstić information content (AvgIpc) is 3.09. The Morgan fingerprint density at radius 1 is 1.19 bits per heavy atom. The molecule has 2 aliphatic carbocycles. The molecule has 0 spiro atoms. The van der Waals surface area contributed by atoms with Gasteiger partial charge in [0.2, 0.25) is 5.91 Å². The van der Waals surface area contributed by atoms with Crippen molar-refractivity contribution in [2.45, 2.75) is 39.5 Å². The third-order valence-corrected chi connectivity index (χ3v) is 4.22. The number of nitrogens with zero attached hydrogens (tertiary/aromatic N) is 1. The van der Waals surface area contributed by atoms with Crippen molar-refractivity contribution in [3.05, 3.63) is 0 Å². The summed E-state index contributed by atoms with van der Waals surface area (Å²) in [6.07, 6.45) is 5.21. The van der Waals surface area contributed by atoms with E-state index < -0.39 is 5.41 Å². The topological polar surface area (TPSA) is 20.3 Å². The van der Waals surface area contributed by atoms with Crippen LogP contribution < -0.4 is 0 Å². The first-order chi connectivity index (χ1) is 7.53. The van der Waals surface area contributed by atoms with Crippen molar-refractivity contribution >= 4 is 17.5 Å². The van der Waals surface area contributed by atoms with Gasteiger partial charge in [-0.3, -0.25) is 4.79 Å². The first-order valence-electron chi connectivity index (χ1n) is 6.38. The monoisotopic (exact) mass is 243 g/mol. The fourth-order valence-corrected chi connectivity index (χ4v) is 2.06. The van der Waals surface area contributed by atoms with Gasteiger partial charge in [0.15, 0.2) is 0 Å². The van der Waals surface area contributed by atoms with Crippen molar-refractivity contribution in [3.8, 4) is 0 Å². The maximum atomic E-state index is 12.4. The van der Waals surface area contributed by atoms with E-state index in [1.165, 1.54) is 25.7 Å². The predicted molar refractivity (Wildman–Crippen MR) is 66.5 cm³/mol. The van der Waals surface area contributed by atoms with E-state index in [4.69, 9.17) is 11.6 Å². The highest BCUT2D eigenvalue weighted by Gasteiger charge is 2.37. The molecule has 0 aromatic rings. The van der Waals surface area contributed by atoms with E-state index in [2.05, 4.69) is 4.90 Å². The van der Waals surface area contributed by atoms with Crippen LogP contribution in [0.25, 0.3) is 0 Å². The van der Waals surface area contributed by atoms with Crippen molar-refractivity contribution in [1.29, 1.82) is 0 Å². The van der Waals surface area contributed by atoms with Crippen molar-refractivity contribution in [2.75, 3.05) is 19.0 Å². The van der Waals surface area contributed by atoms with Crippen LogP contribution in [0.15, 0.2) is 0 Å². The van der Waals surface area contributed by atoms with Crippen LogP contribution in [0.2, 0.25) is 0 Å². The number of carbonyl (C=O) groups excluding carboxylic acids is 1. The summed E-state index contributed by atoms with van der Waals surface area (Å²) in [5, 5.41) is 0. The lowest BCUT2D eigenvalue weighted by molar-refractivity contribution is -0.139. The molecular weight excluding hydrogens is 222 g/mol. The highest BCUT2D eigenvalue weighted by molar-refractivity contribution is 6.19. The van der Waals surface area contributed by atoms with Crippen LogP contribution in [-0.2, 0) is 4.79 Å². The van der Waals surface area contributed by atoms with Gasteiger partial charge in [-0.1, -0.05) is 0 Å². The molecule has 2 aliphatic rings. The van der Waals surface area contributed by atoms with Crippen molar-refractivity contribution < 1.29 is 4.79 Å². The number of hydrogen-bond acceptors (Lipinski definition) is 1. The summed E-state index contributed by atoms with van der Waals surface area (Å²) in [6, 6.07) is 0. The number of hydrogen-bond donors (Lipinski definition) is 0. The molecule has 1 amide bonds. The molecule has 0 aromatic carbocycles. The SMILES string of the molecule is CC(C)(CCl)C(=O)N(CC1CC1)CC1CC1.